The molecule has 2 aromatic heterocycles. The van der Waals surface area contributed by atoms with E-state index in [-0.39, 0.29) is 11.9 Å². The highest BCUT2D eigenvalue weighted by Gasteiger charge is 2.18. The summed E-state index contributed by atoms with van der Waals surface area (Å²) in [5.41, 5.74) is 3.16. The fraction of sp³-hybridized carbons (Fsp3) is 0.286. The Labute approximate surface area is 158 Å². The molecule has 26 heavy (non-hydrogen) atoms. The first-order chi connectivity index (χ1) is 12.6. The molecule has 2 heterocycles. The Hall–Kier alpha value is -2.53. The number of hydrogen-bond donors (Lipinski definition) is 0. The third kappa shape index (κ3) is 4.76. The normalized spacial score (nSPS) is 10.9. The maximum absolute atomic E-state index is 12.7. The van der Waals surface area contributed by atoms with Crippen molar-refractivity contribution in [2.45, 2.75) is 39.3 Å². The molecule has 1 amide bonds. The molecule has 4 nitrogen and oxygen atoms in total. The summed E-state index contributed by atoms with van der Waals surface area (Å²) >= 11 is 1.61. The molecule has 0 N–H and O–H groups in total. The van der Waals surface area contributed by atoms with Gasteiger partial charge in [0.15, 0.2) is 0 Å². The average molecular weight is 366 g/mol. The van der Waals surface area contributed by atoms with Gasteiger partial charge in [0.2, 0.25) is 5.91 Å². The number of amides is 1. The minimum atomic E-state index is 0.171. The number of pyridine rings is 1. The molecule has 0 saturated heterocycles. The topological polar surface area (TPSA) is 46.1 Å². The molecule has 0 fully saturated rings. The zero-order chi connectivity index (χ0) is 18.4. The van der Waals surface area contributed by atoms with E-state index in [0.717, 1.165) is 21.8 Å². The number of carbonyl (C=O) groups is 1. The lowest BCUT2D eigenvalue weighted by atomic mass is 10.1. The van der Waals surface area contributed by atoms with Crippen molar-refractivity contribution in [3.8, 4) is 11.3 Å². The number of aryl methyl sites for hydroxylation is 1. The molecule has 0 unspecified atom stereocenters. The average Bonchev–Trinajstić information content (AvgIpc) is 3.14. The molecule has 5 heteroatoms. The van der Waals surface area contributed by atoms with Crippen LogP contribution in [0.2, 0.25) is 0 Å². The van der Waals surface area contributed by atoms with Crippen LogP contribution in [0.15, 0.2) is 60.2 Å². The second-order valence-corrected chi connectivity index (χ2v) is 7.41. The number of nitrogens with zero attached hydrogens (tertiary/aromatic N) is 3. The predicted molar refractivity (Wildman–Crippen MR) is 106 cm³/mol. The summed E-state index contributed by atoms with van der Waals surface area (Å²) in [4.78, 5) is 23.4. The zero-order valence-corrected chi connectivity index (χ0v) is 15.9. The van der Waals surface area contributed by atoms with Crippen LogP contribution >= 0.6 is 11.3 Å². The van der Waals surface area contributed by atoms with Gasteiger partial charge >= 0.3 is 0 Å². The largest absolute Gasteiger partial charge is 0.336 e. The highest BCUT2D eigenvalue weighted by molar-refractivity contribution is 7.09. The van der Waals surface area contributed by atoms with E-state index in [9.17, 15) is 4.79 Å². The minimum absolute atomic E-state index is 0.171. The molecule has 3 rings (SSSR count). The van der Waals surface area contributed by atoms with Crippen LogP contribution in [0.25, 0.3) is 11.3 Å². The van der Waals surface area contributed by atoms with Gasteiger partial charge in [0.25, 0.3) is 0 Å². The molecule has 134 valence electrons. The van der Waals surface area contributed by atoms with Gasteiger partial charge in [0.05, 0.1) is 10.7 Å². The molecule has 0 saturated carbocycles. The van der Waals surface area contributed by atoms with Crippen molar-refractivity contribution in [2.24, 2.45) is 0 Å². The van der Waals surface area contributed by atoms with Crippen LogP contribution in [0.3, 0.4) is 0 Å². The van der Waals surface area contributed by atoms with Crippen LogP contribution < -0.4 is 0 Å². The maximum atomic E-state index is 12.7. The Morgan fingerprint density at radius 2 is 1.85 bits per heavy atom. The Kier molecular flexibility index (Phi) is 6.12. The minimum Gasteiger partial charge on any atom is -0.336 e. The molecule has 3 aromatic rings. The highest BCUT2D eigenvalue weighted by Crippen LogP contribution is 2.22. The molecular weight excluding hydrogens is 342 g/mol. The molecule has 0 bridgehead atoms. The summed E-state index contributed by atoms with van der Waals surface area (Å²) in [7, 11) is 0. The number of hydrogen-bond acceptors (Lipinski definition) is 4. The van der Waals surface area contributed by atoms with E-state index in [4.69, 9.17) is 0 Å². The van der Waals surface area contributed by atoms with Crippen LogP contribution in [0.4, 0.5) is 0 Å². The maximum Gasteiger partial charge on any atom is 0.223 e. The summed E-state index contributed by atoms with van der Waals surface area (Å²) in [5.74, 6) is 0.171. The van der Waals surface area contributed by atoms with Gasteiger partial charge in [-0.25, -0.2) is 4.98 Å². The van der Waals surface area contributed by atoms with E-state index < -0.39 is 0 Å². The van der Waals surface area contributed by atoms with E-state index in [0.29, 0.717) is 19.4 Å². The highest BCUT2D eigenvalue weighted by atomic mass is 32.1. The molecule has 0 atom stereocenters. The van der Waals surface area contributed by atoms with Gasteiger partial charge in [-0.2, -0.15) is 0 Å². The van der Waals surface area contributed by atoms with E-state index in [1.165, 1.54) is 0 Å². The molecule has 0 aliphatic rings. The predicted octanol–water partition coefficient (Wildman–Crippen LogP) is 4.57. The van der Waals surface area contributed by atoms with Gasteiger partial charge < -0.3 is 4.90 Å². The smallest absolute Gasteiger partial charge is 0.223 e. The fourth-order valence-electron chi connectivity index (χ4n) is 2.78. The van der Waals surface area contributed by atoms with Crippen LogP contribution in [0, 0.1) is 0 Å². The second kappa shape index (κ2) is 8.72. The molecular formula is C21H23N3OS. The lowest BCUT2D eigenvalue weighted by Gasteiger charge is -2.27. The van der Waals surface area contributed by atoms with Crippen molar-refractivity contribution in [1.82, 2.24) is 14.9 Å². The Bertz CT molecular complexity index is 831. The quantitative estimate of drug-likeness (QED) is 0.616. The third-order valence-corrected chi connectivity index (χ3v) is 5.13. The molecule has 0 spiro atoms. The van der Waals surface area contributed by atoms with Crippen molar-refractivity contribution < 1.29 is 4.79 Å². The lowest BCUT2D eigenvalue weighted by molar-refractivity contribution is -0.133. The van der Waals surface area contributed by atoms with E-state index in [1.54, 1.807) is 23.7 Å². The zero-order valence-electron chi connectivity index (χ0n) is 15.1. The Morgan fingerprint density at radius 1 is 1.12 bits per heavy atom. The molecule has 0 radical (unpaired) electrons. The van der Waals surface area contributed by atoms with Gasteiger partial charge in [0, 0.05) is 48.8 Å². The van der Waals surface area contributed by atoms with E-state index in [2.05, 4.69) is 35.9 Å². The summed E-state index contributed by atoms with van der Waals surface area (Å²) in [5, 5.41) is 3.04. The number of benzene rings is 1. The standard InChI is InChI=1S/C21H23N3OS/c1-16(2)24(14-17-6-4-3-5-7-17)21(25)9-8-20-23-19(15-26-20)18-10-12-22-13-11-18/h3-7,10-13,15-16H,8-9,14H2,1-2H3. The van der Waals surface area contributed by atoms with Crippen molar-refractivity contribution >= 4 is 17.2 Å². The lowest BCUT2D eigenvalue weighted by Crippen LogP contribution is -2.36. The van der Waals surface area contributed by atoms with Gasteiger partial charge in [-0.15, -0.1) is 11.3 Å². The first kappa shape index (κ1) is 18.3. The molecule has 0 aliphatic carbocycles. The number of aromatic nitrogens is 2. The van der Waals surface area contributed by atoms with Crippen LogP contribution in [0.5, 0.6) is 0 Å². The SMILES string of the molecule is CC(C)N(Cc1ccccc1)C(=O)CCc1nc(-c2ccncc2)cs1. The molecule has 1 aromatic carbocycles. The van der Waals surface area contributed by atoms with Gasteiger partial charge in [-0.3, -0.25) is 9.78 Å². The van der Waals surface area contributed by atoms with Gasteiger partial charge in [-0.1, -0.05) is 30.3 Å². The van der Waals surface area contributed by atoms with E-state index >= 15 is 0 Å². The number of thiazole rings is 1. The Balaban J connectivity index is 1.61. The number of rotatable bonds is 7. The summed E-state index contributed by atoms with van der Waals surface area (Å²) in [6.45, 7) is 4.77. The van der Waals surface area contributed by atoms with Crippen LogP contribution in [-0.2, 0) is 17.8 Å². The first-order valence-electron chi connectivity index (χ1n) is 8.81. The third-order valence-electron chi connectivity index (χ3n) is 4.22. The van der Waals surface area contributed by atoms with Gasteiger partial charge in [-0.05, 0) is 31.5 Å². The summed E-state index contributed by atoms with van der Waals surface area (Å²) < 4.78 is 0. The molecule has 0 aliphatic heterocycles. The first-order valence-corrected chi connectivity index (χ1v) is 9.69. The van der Waals surface area contributed by atoms with Crippen LogP contribution in [-0.4, -0.2) is 26.8 Å². The van der Waals surface area contributed by atoms with Crippen LogP contribution in [0.1, 0.15) is 30.8 Å². The number of carbonyl (C=O) groups excluding carboxylic acids is 1. The van der Waals surface area contributed by atoms with Crippen molar-refractivity contribution in [3.63, 3.8) is 0 Å². The summed E-state index contributed by atoms with van der Waals surface area (Å²) in [6, 6.07) is 14.2. The fourth-order valence-corrected chi connectivity index (χ4v) is 3.58. The Morgan fingerprint density at radius 3 is 2.54 bits per heavy atom. The van der Waals surface area contributed by atoms with Crippen molar-refractivity contribution in [2.75, 3.05) is 0 Å². The van der Waals surface area contributed by atoms with Gasteiger partial charge in [0.1, 0.15) is 0 Å². The monoisotopic (exact) mass is 365 g/mol. The summed E-state index contributed by atoms with van der Waals surface area (Å²) in [6.07, 6.45) is 4.69. The van der Waals surface area contributed by atoms with E-state index in [1.807, 2.05) is 40.6 Å². The van der Waals surface area contributed by atoms with Crippen molar-refractivity contribution in [3.05, 3.63) is 70.8 Å². The second-order valence-electron chi connectivity index (χ2n) is 6.46. The van der Waals surface area contributed by atoms with Crippen molar-refractivity contribution in [1.29, 1.82) is 0 Å².